The number of hydrogen-bond acceptors (Lipinski definition) is 3. The van der Waals surface area contributed by atoms with Crippen molar-refractivity contribution in [2.45, 2.75) is 57.9 Å². The lowest BCUT2D eigenvalue weighted by molar-refractivity contribution is -0.137. The summed E-state index contributed by atoms with van der Waals surface area (Å²) in [4.78, 5) is 24.5. The zero-order chi connectivity index (χ0) is 17.4. The minimum atomic E-state index is -0.644. The lowest BCUT2D eigenvalue weighted by Crippen LogP contribution is -2.46. The van der Waals surface area contributed by atoms with Gasteiger partial charge in [0.05, 0.1) is 0 Å². The number of carbonyl (C=O) groups excluding carboxylic acids is 2. The standard InChI is InChI=1S/C19H28N2O3/c1-2-14-8-6-7-11-16(14)20-18(23)19(24)21-17(12-13-22)15-9-4-3-5-10-15/h6-8,11,15,17,22H,2-5,9-10,12-13H2,1H3,(H,20,23)(H,21,24). The molecule has 3 N–H and O–H groups in total. The Hall–Kier alpha value is -1.88. The Kier molecular flexibility index (Phi) is 7.25. The molecule has 1 fully saturated rings. The molecule has 2 amide bonds. The predicted octanol–water partition coefficient (Wildman–Crippen LogP) is 2.64. The molecule has 0 saturated heterocycles. The van der Waals surface area contributed by atoms with Crippen LogP contribution in [0.4, 0.5) is 5.69 Å². The summed E-state index contributed by atoms with van der Waals surface area (Å²) in [5.74, 6) is -0.912. The molecule has 1 saturated carbocycles. The van der Waals surface area contributed by atoms with Crippen molar-refractivity contribution in [3.63, 3.8) is 0 Å². The van der Waals surface area contributed by atoms with Crippen molar-refractivity contribution in [2.75, 3.05) is 11.9 Å². The van der Waals surface area contributed by atoms with Crippen LogP contribution in [0, 0.1) is 5.92 Å². The first-order chi connectivity index (χ1) is 11.7. The van der Waals surface area contributed by atoms with E-state index in [0.717, 1.165) is 37.7 Å². The van der Waals surface area contributed by atoms with E-state index in [9.17, 15) is 14.7 Å². The Morgan fingerprint density at radius 1 is 1.17 bits per heavy atom. The fraction of sp³-hybridized carbons (Fsp3) is 0.579. The number of anilines is 1. The van der Waals surface area contributed by atoms with Gasteiger partial charge in [-0.3, -0.25) is 9.59 Å². The minimum absolute atomic E-state index is 0.0156. The molecule has 1 aliphatic carbocycles. The van der Waals surface area contributed by atoms with E-state index in [4.69, 9.17) is 0 Å². The van der Waals surface area contributed by atoms with E-state index < -0.39 is 11.8 Å². The van der Waals surface area contributed by atoms with Crippen LogP contribution in [-0.4, -0.2) is 29.6 Å². The lowest BCUT2D eigenvalue weighted by Gasteiger charge is -2.30. The number of rotatable bonds is 6. The fourth-order valence-corrected chi connectivity index (χ4v) is 3.46. The smallest absolute Gasteiger partial charge is 0.313 e. The Morgan fingerprint density at radius 3 is 2.54 bits per heavy atom. The van der Waals surface area contributed by atoms with Crippen LogP contribution in [0.1, 0.15) is 51.0 Å². The molecule has 2 rings (SSSR count). The van der Waals surface area contributed by atoms with E-state index in [0.29, 0.717) is 18.0 Å². The molecule has 24 heavy (non-hydrogen) atoms. The number of benzene rings is 1. The number of para-hydroxylation sites is 1. The van der Waals surface area contributed by atoms with Crippen LogP contribution in [0.25, 0.3) is 0 Å². The normalized spacial score (nSPS) is 16.4. The Labute approximate surface area is 143 Å². The predicted molar refractivity (Wildman–Crippen MR) is 94.7 cm³/mol. The molecule has 1 unspecified atom stereocenters. The van der Waals surface area contributed by atoms with Crippen molar-refractivity contribution in [3.05, 3.63) is 29.8 Å². The first-order valence-electron chi connectivity index (χ1n) is 8.96. The number of aliphatic hydroxyl groups is 1. The Morgan fingerprint density at radius 2 is 1.88 bits per heavy atom. The molecule has 5 heteroatoms. The van der Waals surface area contributed by atoms with Crippen molar-refractivity contribution in [1.82, 2.24) is 5.32 Å². The second-order valence-electron chi connectivity index (χ2n) is 6.46. The maximum absolute atomic E-state index is 12.3. The molecule has 0 aromatic heterocycles. The first kappa shape index (κ1) is 18.5. The summed E-state index contributed by atoms with van der Waals surface area (Å²) >= 11 is 0. The second-order valence-corrected chi connectivity index (χ2v) is 6.46. The summed E-state index contributed by atoms with van der Waals surface area (Å²) in [6, 6.07) is 7.36. The highest BCUT2D eigenvalue weighted by molar-refractivity contribution is 6.39. The average Bonchev–Trinajstić information content (AvgIpc) is 2.62. The van der Waals surface area contributed by atoms with Gasteiger partial charge < -0.3 is 15.7 Å². The third-order valence-electron chi connectivity index (χ3n) is 4.83. The van der Waals surface area contributed by atoms with Gasteiger partial charge in [-0.1, -0.05) is 44.4 Å². The monoisotopic (exact) mass is 332 g/mol. The van der Waals surface area contributed by atoms with Gasteiger partial charge in [-0.15, -0.1) is 0 Å². The van der Waals surface area contributed by atoms with Gasteiger partial charge in [0.15, 0.2) is 0 Å². The summed E-state index contributed by atoms with van der Waals surface area (Å²) < 4.78 is 0. The number of nitrogens with one attached hydrogen (secondary N) is 2. The van der Waals surface area contributed by atoms with Crippen molar-refractivity contribution in [1.29, 1.82) is 0 Å². The molecule has 0 radical (unpaired) electrons. The van der Waals surface area contributed by atoms with Crippen LogP contribution < -0.4 is 10.6 Å². The van der Waals surface area contributed by atoms with Gasteiger partial charge in [0.25, 0.3) is 0 Å². The number of aryl methyl sites for hydroxylation is 1. The van der Waals surface area contributed by atoms with E-state index in [-0.39, 0.29) is 12.6 Å². The molecule has 0 spiro atoms. The summed E-state index contributed by atoms with van der Waals surface area (Å²) in [6.45, 7) is 2.02. The van der Waals surface area contributed by atoms with Crippen LogP contribution in [0.2, 0.25) is 0 Å². The van der Waals surface area contributed by atoms with Crippen LogP contribution in [0.5, 0.6) is 0 Å². The number of hydrogen-bond donors (Lipinski definition) is 3. The Balaban J connectivity index is 1.96. The largest absolute Gasteiger partial charge is 0.396 e. The topological polar surface area (TPSA) is 78.4 Å². The molecule has 1 aromatic rings. The van der Waals surface area contributed by atoms with E-state index in [1.165, 1.54) is 6.42 Å². The van der Waals surface area contributed by atoms with Crippen LogP contribution in [0.3, 0.4) is 0 Å². The van der Waals surface area contributed by atoms with E-state index in [1.807, 2.05) is 25.1 Å². The molecular weight excluding hydrogens is 304 g/mol. The molecule has 1 aromatic carbocycles. The van der Waals surface area contributed by atoms with Gasteiger partial charge >= 0.3 is 11.8 Å². The zero-order valence-electron chi connectivity index (χ0n) is 14.4. The molecule has 1 atom stereocenters. The third-order valence-corrected chi connectivity index (χ3v) is 4.83. The van der Waals surface area contributed by atoms with Crippen LogP contribution in [0.15, 0.2) is 24.3 Å². The second kappa shape index (κ2) is 9.42. The van der Waals surface area contributed by atoms with Crippen molar-refractivity contribution < 1.29 is 14.7 Å². The highest BCUT2D eigenvalue weighted by atomic mass is 16.3. The minimum Gasteiger partial charge on any atom is -0.396 e. The summed E-state index contributed by atoms with van der Waals surface area (Å²) in [7, 11) is 0. The van der Waals surface area contributed by atoms with E-state index in [2.05, 4.69) is 10.6 Å². The lowest BCUT2D eigenvalue weighted by atomic mass is 9.82. The summed E-state index contributed by atoms with van der Waals surface area (Å²) in [5.41, 5.74) is 1.68. The molecular formula is C19H28N2O3. The highest BCUT2D eigenvalue weighted by Gasteiger charge is 2.27. The Bertz CT molecular complexity index is 553. The highest BCUT2D eigenvalue weighted by Crippen LogP contribution is 2.27. The van der Waals surface area contributed by atoms with Crippen molar-refractivity contribution in [3.8, 4) is 0 Å². The van der Waals surface area contributed by atoms with Crippen molar-refractivity contribution in [2.24, 2.45) is 5.92 Å². The molecule has 0 heterocycles. The molecule has 0 aliphatic heterocycles. The zero-order valence-corrected chi connectivity index (χ0v) is 14.4. The molecule has 132 valence electrons. The number of amides is 2. The van der Waals surface area contributed by atoms with Gasteiger partial charge in [-0.25, -0.2) is 0 Å². The molecule has 0 bridgehead atoms. The van der Waals surface area contributed by atoms with E-state index >= 15 is 0 Å². The van der Waals surface area contributed by atoms with Gasteiger partial charge in [0.2, 0.25) is 0 Å². The van der Waals surface area contributed by atoms with Crippen LogP contribution in [-0.2, 0) is 16.0 Å². The van der Waals surface area contributed by atoms with Crippen molar-refractivity contribution >= 4 is 17.5 Å². The average molecular weight is 332 g/mol. The summed E-state index contributed by atoms with van der Waals surface area (Å²) in [6.07, 6.45) is 6.90. The molecule has 5 nitrogen and oxygen atoms in total. The number of carbonyl (C=O) groups is 2. The summed E-state index contributed by atoms with van der Waals surface area (Å²) in [5, 5.41) is 14.8. The molecule has 1 aliphatic rings. The van der Waals surface area contributed by atoms with Gasteiger partial charge in [0, 0.05) is 18.3 Å². The quantitative estimate of drug-likeness (QED) is 0.701. The van der Waals surface area contributed by atoms with Gasteiger partial charge in [0.1, 0.15) is 0 Å². The van der Waals surface area contributed by atoms with Gasteiger partial charge in [-0.2, -0.15) is 0 Å². The number of aliphatic hydroxyl groups excluding tert-OH is 1. The SMILES string of the molecule is CCc1ccccc1NC(=O)C(=O)NC(CCO)C1CCCCC1. The van der Waals surface area contributed by atoms with E-state index in [1.54, 1.807) is 6.07 Å². The van der Waals surface area contributed by atoms with Crippen LogP contribution >= 0.6 is 0 Å². The van der Waals surface area contributed by atoms with Gasteiger partial charge in [-0.05, 0) is 43.2 Å². The maximum atomic E-state index is 12.3. The third kappa shape index (κ3) is 5.06. The maximum Gasteiger partial charge on any atom is 0.313 e. The fourth-order valence-electron chi connectivity index (χ4n) is 3.46. The first-order valence-corrected chi connectivity index (χ1v) is 8.96.